The number of pyridine rings is 1. The molecule has 1 N–H and O–H groups in total. The Morgan fingerprint density at radius 3 is 2.76 bits per heavy atom. The summed E-state index contributed by atoms with van der Waals surface area (Å²) in [4.78, 5) is 21.5. The standard InChI is InChI=1S/C15H20N4OS/c1-3-4-13(15-17-9-10-19(15)2)18-14(20)11-21-12-5-7-16-8-6-12/h5-10,13H,3-4,11H2,1-2H3,(H,18,20)/t13-/m1/s1. The second kappa shape index (κ2) is 7.83. The van der Waals surface area contributed by atoms with E-state index < -0.39 is 0 Å². The Morgan fingerprint density at radius 2 is 2.14 bits per heavy atom. The van der Waals surface area contributed by atoms with Gasteiger partial charge in [0.2, 0.25) is 5.91 Å². The Balaban J connectivity index is 1.91. The van der Waals surface area contributed by atoms with Gasteiger partial charge in [0.05, 0.1) is 11.8 Å². The average Bonchev–Trinajstić information content (AvgIpc) is 2.92. The highest BCUT2D eigenvalue weighted by Gasteiger charge is 2.17. The molecule has 0 unspecified atom stereocenters. The van der Waals surface area contributed by atoms with E-state index >= 15 is 0 Å². The van der Waals surface area contributed by atoms with E-state index in [0.29, 0.717) is 5.75 Å². The molecule has 6 heteroatoms. The van der Waals surface area contributed by atoms with Crippen molar-refractivity contribution in [1.82, 2.24) is 19.9 Å². The normalized spacial score (nSPS) is 12.1. The van der Waals surface area contributed by atoms with Crippen LogP contribution < -0.4 is 5.32 Å². The van der Waals surface area contributed by atoms with Crippen molar-refractivity contribution in [3.8, 4) is 0 Å². The van der Waals surface area contributed by atoms with Crippen LogP contribution in [-0.2, 0) is 11.8 Å². The van der Waals surface area contributed by atoms with Crippen LogP contribution in [0.15, 0.2) is 41.8 Å². The third-order valence-corrected chi connectivity index (χ3v) is 4.11. The van der Waals surface area contributed by atoms with Gasteiger partial charge in [0.15, 0.2) is 0 Å². The van der Waals surface area contributed by atoms with Gasteiger partial charge in [-0.15, -0.1) is 11.8 Å². The number of amides is 1. The Bertz CT molecular complexity index is 570. The van der Waals surface area contributed by atoms with Gasteiger partial charge in [0.1, 0.15) is 5.82 Å². The molecule has 0 radical (unpaired) electrons. The summed E-state index contributed by atoms with van der Waals surface area (Å²) in [6, 6.07) is 3.78. The molecule has 2 heterocycles. The summed E-state index contributed by atoms with van der Waals surface area (Å²) >= 11 is 1.51. The quantitative estimate of drug-likeness (QED) is 0.799. The van der Waals surface area contributed by atoms with E-state index in [1.165, 1.54) is 11.8 Å². The lowest BCUT2D eigenvalue weighted by Gasteiger charge is -2.17. The van der Waals surface area contributed by atoms with Crippen LogP contribution in [0.5, 0.6) is 0 Å². The van der Waals surface area contributed by atoms with Crippen molar-refractivity contribution in [2.75, 3.05) is 5.75 Å². The number of nitrogens with zero attached hydrogens (tertiary/aromatic N) is 3. The second-order valence-corrected chi connectivity index (χ2v) is 5.83. The van der Waals surface area contributed by atoms with Crippen molar-refractivity contribution in [1.29, 1.82) is 0 Å². The van der Waals surface area contributed by atoms with Crippen LogP contribution in [0.2, 0.25) is 0 Å². The fourth-order valence-corrected chi connectivity index (χ4v) is 2.78. The smallest absolute Gasteiger partial charge is 0.230 e. The van der Waals surface area contributed by atoms with Gasteiger partial charge in [-0.1, -0.05) is 13.3 Å². The molecule has 0 spiro atoms. The molecule has 2 aromatic heterocycles. The van der Waals surface area contributed by atoms with Gasteiger partial charge in [-0.25, -0.2) is 4.98 Å². The maximum absolute atomic E-state index is 12.1. The summed E-state index contributed by atoms with van der Waals surface area (Å²) in [6.45, 7) is 2.10. The van der Waals surface area contributed by atoms with Crippen LogP contribution in [0.3, 0.4) is 0 Å². The average molecular weight is 304 g/mol. The van der Waals surface area contributed by atoms with Gasteiger partial charge in [0.25, 0.3) is 0 Å². The molecule has 1 atom stereocenters. The van der Waals surface area contributed by atoms with Gasteiger partial charge in [-0.05, 0) is 18.6 Å². The number of imidazole rings is 1. The minimum atomic E-state index is -0.0273. The summed E-state index contributed by atoms with van der Waals surface area (Å²) in [5, 5.41) is 3.07. The van der Waals surface area contributed by atoms with Crippen LogP contribution in [0, 0.1) is 0 Å². The topological polar surface area (TPSA) is 59.8 Å². The van der Waals surface area contributed by atoms with Gasteiger partial charge < -0.3 is 9.88 Å². The first-order valence-corrected chi connectivity index (χ1v) is 7.98. The number of rotatable bonds is 7. The van der Waals surface area contributed by atoms with E-state index in [9.17, 15) is 4.79 Å². The monoisotopic (exact) mass is 304 g/mol. The molecule has 0 aliphatic rings. The summed E-state index contributed by atoms with van der Waals surface area (Å²) in [6.07, 6.45) is 9.00. The predicted molar refractivity (Wildman–Crippen MR) is 84.0 cm³/mol. The van der Waals surface area contributed by atoms with Gasteiger partial charge in [-0.3, -0.25) is 9.78 Å². The lowest BCUT2D eigenvalue weighted by molar-refractivity contribution is -0.119. The maximum Gasteiger partial charge on any atom is 0.230 e. The summed E-state index contributed by atoms with van der Waals surface area (Å²) < 4.78 is 1.95. The molecule has 0 aliphatic carbocycles. The molecule has 0 saturated heterocycles. The van der Waals surface area contributed by atoms with E-state index in [1.54, 1.807) is 18.6 Å². The van der Waals surface area contributed by atoms with Crippen LogP contribution in [0.1, 0.15) is 31.6 Å². The lowest BCUT2D eigenvalue weighted by atomic mass is 10.1. The largest absolute Gasteiger partial charge is 0.345 e. The van der Waals surface area contributed by atoms with Crippen LogP contribution in [0.4, 0.5) is 0 Å². The third kappa shape index (κ3) is 4.60. The number of aromatic nitrogens is 3. The third-order valence-electron chi connectivity index (χ3n) is 3.10. The van der Waals surface area contributed by atoms with Crippen LogP contribution in [-0.4, -0.2) is 26.2 Å². The SMILES string of the molecule is CCC[C@@H](NC(=O)CSc1ccncc1)c1nccn1C. The highest BCUT2D eigenvalue weighted by atomic mass is 32.2. The first-order chi connectivity index (χ1) is 10.2. The molecule has 2 aromatic rings. The lowest BCUT2D eigenvalue weighted by Crippen LogP contribution is -2.31. The van der Waals surface area contributed by atoms with E-state index in [0.717, 1.165) is 23.6 Å². The fourth-order valence-electron chi connectivity index (χ4n) is 2.09. The molecular weight excluding hydrogens is 284 g/mol. The van der Waals surface area contributed by atoms with Crippen molar-refractivity contribution in [2.45, 2.75) is 30.7 Å². The molecule has 0 saturated carbocycles. The van der Waals surface area contributed by atoms with Gasteiger partial charge in [-0.2, -0.15) is 0 Å². The zero-order valence-electron chi connectivity index (χ0n) is 12.3. The molecule has 0 bridgehead atoms. The highest BCUT2D eigenvalue weighted by molar-refractivity contribution is 8.00. The van der Waals surface area contributed by atoms with E-state index in [4.69, 9.17) is 0 Å². The minimum absolute atomic E-state index is 0.0262. The Hall–Kier alpha value is -1.82. The Morgan fingerprint density at radius 1 is 1.38 bits per heavy atom. The highest BCUT2D eigenvalue weighted by Crippen LogP contribution is 2.19. The molecule has 21 heavy (non-hydrogen) atoms. The summed E-state index contributed by atoms with van der Waals surface area (Å²) in [7, 11) is 1.95. The number of nitrogens with one attached hydrogen (secondary N) is 1. The molecule has 0 fully saturated rings. The number of hydrogen-bond donors (Lipinski definition) is 1. The molecule has 0 aromatic carbocycles. The number of carbonyl (C=O) groups excluding carboxylic acids is 1. The summed E-state index contributed by atoms with van der Waals surface area (Å²) in [5.74, 6) is 1.33. The first kappa shape index (κ1) is 15.6. The van der Waals surface area contributed by atoms with Gasteiger partial charge in [0, 0.05) is 36.7 Å². The maximum atomic E-state index is 12.1. The number of thioether (sulfide) groups is 1. The fraction of sp³-hybridized carbons (Fsp3) is 0.400. The molecule has 1 amide bonds. The zero-order valence-corrected chi connectivity index (χ0v) is 13.1. The Labute approximate surface area is 129 Å². The van der Waals surface area contributed by atoms with Crippen molar-refractivity contribution >= 4 is 17.7 Å². The number of hydrogen-bond acceptors (Lipinski definition) is 4. The van der Waals surface area contributed by atoms with Gasteiger partial charge >= 0.3 is 0 Å². The molecular formula is C15H20N4OS. The molecule has 2 rings (SSSR count). The van der Waals surface area contributed by atoms with E-state index in [2.05, 4.69) is 22.2 Å². The first-order valence-electron chi connectivity index (χ1n) is 7.00. The van der Waals surface area contributed by atoms with Crippen molar-refractivity contribution in [2.24, 2.45) is 7.05 Å². The zero-order chi connectivity index (χ0) is 15.1. The molecule has 112 valence electrons. The molecule has 5 nitrogen and oxygen atoms in total. The van der Waals surface area contributed by atoms with Crippen molar-refractivity contribution < 1.29 is 4.79 Å². The summed E-state index contributed by atoms with van der Waals surface area (Å²) in [5.41, 5.74) is 0. The van der Waals surface area contributed by atoms with Crippen LogP contribution >= 0.6 is 11.8 Å². The number of aryl methyl sites for hydroxylation is 1. The van der Waals surface area contributed by atoms with Crippen molar-refractivity contribution in [3.05, 3.63) is 42.7 Å². The predicted octanol–water partition coefficient (Wildman–Crippen LogP) is 2.56. The number of carbonyl (C=O) groups is 1. The van der Waals surface area contributed by atoms with E-state index in [-0.39, 0.29) is 11.9 Å². The Kier molecular flexibility index (Phi) is 5.80. The molecule has 0 aliphatic heterocycles. The second-order valence-electron chi connectivity index (χ2n) is 4.78. The minimum Gasteiger partial charge on any atom is -0.345 e. The van der Waals surface area contributed by atoms with Crippen LogP contribution in [0.25, 0.3) is 0 Å². The van der Waals surface area contributed by atoms with Crippen molar-refractivity contribution in [3.63, 3.8) is 0 Å². The van der Waals surface area contributed by atoms with E-state index in [1.807, 2.05) is 29.9 Å².